The minimum atomic E-state index is -0.431. The van der Waals surface area contributed by atoms with Gasteiger partial charge in [-0.15, -0.1) is 12.4 Å². The van der Waals surface area contributed by atoms with Crippen molar-refractivity contribution in [1.29, 1.82) is 0 Å². The second kappa shape index (κ2) is 10.0. The van der Waals surface area contributed by atoms with Crippen molar-refractivity contribution in [3.63, 3.8) is 0 Å². The molecular weight excluding hydrogens is 334 g/mol. The van der Waals surface area contributed by atoms with Gasteiger partial charge in [0, 0.05) is 11.6 Å². The second-order valence-electron chi connectivity index (χ2n) is 6.99. The number of rotatable bonds is 5. The first-order valence-electron chi connectivity index (χ1n) is 9.33. The Hall–Kier alpha value is -1.29. The van der Waals surface area contributed by atoms with Crippen LogP contribution in [0.2, 0.25) is 0 Å². The van der Waals surface area contributed by atoms with Gasteiger partial charge < -0.3 is 14.8 Å². The van der Waals surface area contributed by atoms with Gasteiger partial charge in [0.15, 0.2) is 0 Å². The number of furan rings is 1. The molecule has 1 unspecified atom stereocenters. The summed E-state index contributed by atoms with van der Waals surface area (Å²) in [5.41, 5.74) is 1.98. The van der Waals surface area contributed by atoms with Crippen LogP contribution in [0, 0.1) is 0 Å². The number of aliphatic hydroxyl groups is 1. The van der Waals surface area contributed by atoms with Gasteiger partial charge in [0.1, 0.15) is 11.5 Å². The van der Waals surface area contributed by atoms with Crippen LogP contribution < -0.4 is 5.32 Å². The maximum absolute atomic E-state index is 9.59. The molecule has 2 N–H and O–H groups in total. The quantitative estimate of drug-likeness (QED) is 0.724. The summed E-state index contributed by atoms with van der Waals surface area (Å²) in [5.74, 6) is 1.88. The fourth-order valence-corrected chi connectivity index (χ4v) is 3.46. The van der Waals surface area contributed by atoms with E-state index in [1.165, 1.54) is 44.9 Å². The van der Waals surface area contributed by atoms with E-state index in [0.29, 0.717) is 6.04 Å². The highest BCUT2D eigenvalue weighted by Gasteiger charge is 2.12. The van der Waals surface area contributed by atoms with Crippen LogP contribution in [-0.2, 0) is 6.54 Å². The van der Waals surface area contributed by atoms with E-state index in [4.69, 9.17) is 4.42 Å². The van der Waals surface area contributed by atoms with E-state index in [2.05, 4.69) is 11.4 Å². The average molecular weight is 364 g/mol. The van der Waals surface area contributed by atoms with Crippen molar-refractivity contribution in [2.45, 2.75) is 70.6 Å². The van der Waals surface area contributed by atoms with Crippen molar-refractivity contribution in [3.8, 4) is 11.3 Å². The molecule has 1 aliphatic rings. The van der Waals surface area contributed by atoms with Gasteiger partial charge in [-0.05, 0) is 37.5 Å². The summed E-state index contributed by atoms with van der Waals surface area (Å²) in [7, 11) is 0. The largest absolute Gasteiger partial charge is 0.460 e. The van der Waals surface area contributed by atoms with Crippen molar-refractivity contribution in [3.05, 3.63) is 47.7 Å². The molecule has 1 saturated carbocycles. The first-order chi connectivity index (χ1) is 11.7. The van der Waals surface area contributed by atoms with Crippen molar-refractivity contribution < 1.29 is 9.52 Å². The summed E-state index contributed by atoms with van der Waals surface area (Å²) in [6.07, 6.45) is 8.99. The van der Waals surface area contributed by atoms with Crippen molar-refractivity contribution in [2.75, 3.05) is 0 Å². The van der Waals surface area contributed by atoms with Crippen molar-refractivity contribution in [2.24, 2.45) is 0 Å². The maximum atomic E-state index is 9.59. The van der Waals surface area contributed by atoms with Gasteiger partial charge in [-0.3, -0.25) is 0 Å². The zero-order valence-electron chi connectivity index (χ0n) is 15.0. The molecule has 1 atom stereocenters. The fourth-order valence-electron chi connectivity index (χ4n) is 3.46. The maximum Gasteiger partial charge on any atom is 0.134 e. The molecule has 0 radical (unpaired) electrons. The topological polar surface area (TPSA) is 45.4 Å². The number of benzene rings is 1. The van der Waals surface area contributed by atoms with E-state index >= 15 is 0 Å². The molecular formula is C21H30ClNO2. The van der Waals surface area contributed by atoms with E-state index in [-0.39, 0.29) is 12.4 Å². The van der Waals surface area contributed by atoms with Gasteiger partial charge in [-0.2, -0.15) is 0 Å². The molecule has 25 heavy (non-hydrogen) atoms. The van der Waals surface area contributed by atoms with Crippen LogP contribution in [-0.4, -0.2) is 11.1 Å². The Morgan fingerprint density at radius 3 is 2.28 bits per heavy atom. The standard InChI is InChI=1S/C21H29NO2.ClH/c1-16(23)17-9-11-18(12-10-17)21-14-13-20(24-21)15-22-19-7-5-3-2-4-6-8-19;/h9-14,16,19,22-23H,2-8,15H2,1H3;1H. The van der Waals surface area contributed by atoms with E-state index in [9.17, 15) is 5.11 Å². The summed E-state index contributed by atoms with van der Waals surface area (Å²) in [4.78, 5) is 0. The molecule has 3 rings (SSSR count). The van der Waals surface area contributed by atoms with Gasteiger partial charge in [-0.25, -0.2) is 0 Å². The van der Waals surface area contributed by atoms with E-state index in [1.807, 2.05) is 30.3 Å². The predicted molar refractivity (Wildman–Crippen MR) is 105 cm³/mol. The molecule has 1 aromatic heterocycles. The monoisotopic (exact) mass is 363 g/mol. The Labute approximate surface area is 157 Å². The zero-order chi connectivity index (χ0) is 16.8. The number of hydrogen-bond acceptors (Lipinski definition) is 3. The fraction of sp³-hybridized carbons (Fsp3) is 0.524. The van der Waals surface area contributed by atoms with E-state index < -0.39 is 6.10 Å². The smallest absolute Gasteiger partial charge is 0.134 e. The summed E-state index contributed by atoms with van der Waals surface area (Å²) in [6, 6.07) is 12.6. The lowest BCUT2D eigenvalue weighted by Gasteiger charge is -2.20. The molecule has 0 saturated heterocycles. The minimum absolute atomic E-state index is 0. The third-order valence-corrected chi connectivity index (χ3v) is 5.01. The van der Waals surface area contributed by atoms with Gasteiger partial charge in [0.25, 0.3) is 0 Å². The molecule has 0 aliphatic heterocycles. The lowest BCUT2D eigenvalue weighted by atomic mass is 9.97. The van der Waals surface area contributed by atoms with Crippen LogP contribution in [0.1, 0.15) is 69.3 Å². The number of aliphatic hydroxyl groups excluding tert-OH is 1. The summed E-state index contributed by atoms with van der Waals surface area (Å²) in [5, 5.41) is 13.3. The number of nitrogens with one attached hydrogen (secondary N) is 1. The molecule has 0 spiro atoms. The van der Waals surface area contributed by atoms with E-state index in [1.54, 1.807) is 6.92 Å². The number of halogens is 1. The van der Waals surface area contributed by atoms with E-state index in [0.717, 1.165) is 29.2 Å². The highest BCUT2D eigenvalue weighted by molar-refractivity contribution is 5.85. The first-order valence-corrected chi connectivity index (χ1v) is 9.33. The second-order valence-corrected chi connectivity index (χ2v) is 6.99. The third kappa shape index (κ3) is 5.88. The van der Waals surface area contributed by atoms with Crippen molar-refractivity contribution in [1.82, 2.24) is 5.32 Å². The highest BCUT2D eigenvalue weighted by atomic mass is 35.5. The molecule has 1 fully saturated rings. The molecule has 0 amide bonds. The Morgan fingerprint density at radius 1 is 1.00 bits per heavy atom. The summed E-state index contributed by atoms with van der Waals surface area (Å²) < 4.78 is 5.99. The first kappa shape index (κ1) is 20.0. The lowest BCUT2D eigenvalue weighted by Crippen LogP contribution is -2.29. The molecule has 2 aromatic rings. The molecule has 1 aromatic carbocycles. The Bertz CT molecular complexity index is 613. The van der Waals surface area contributed by atoms with Crippen LogP contribution in [0.4, 0.5) is 0 Å². The third-order valence-electron chi connectivity index (χ3n) is 5.01. The predicted octanol–water partition coefficient (Wildman–Crippen LogP) is 5.62. The van der Waals surface area contributed by atoms with Crippen LogP contribution in [0.15, 0.2) is 40.8 Å². The normalized spacial score (nSPS) is 17.4. The molecule has 1 heterocycles. The van der Waals surface area contributed by atoms with Crippen LogP contribution in [0.25, 0.3) is 11.3 Å². The Morgan fingerprint density at radius 2 is 1.64 bits per heavy atom. The van der Waals surface area contributed by atoms with Gasteiger partial charge in [-0.1, -0.05) is 56.4 Å². The molecule has 0 bridgehead atoms. The minimum Gasteiger partial charge on any atom is -0.460 e. The van der Waals surface area contributed by atoms with Crippen molar-refractivity contribution >= 4 is 12.4 Å². The molecule has 3 nitrogen and oxygen atoms in total. The molecule has 4 heteroatoms. The van der Waals surface area contributed by atoms with Crippen LogP contribution in [0.5, 0.6) is 0 Å². The zero-order valence-corrected chi connectivity index (χ0v) is 15.9. The lowest BCUT2D eigenvalue weighted by molar-refractivity contribution is 0.199. The number of hydrogen-bond donors (Lipinski definition) is 2. The SMILES string of the molecule is CC(O)c1ccc(-c2ccc(CNC3CCCCCCC3)o2)cc1.Cl. The van der Waals surface area contributed by atoms with Crippen LogP contribution >= 0.6 is 12.4 Å². The summed E-state index contributed by atoms with van der Waals surface area (Å²) in [6.45, 7) is 2.58. The molecule has 1 aliphatic carbocycles. The summed E-state index contributed by atoms with van der Waals surface area (Å²) >= 11 is 0. The van der Waals surface area contributed by atoms with Gasteiger partial charge in [0.05, 0.1) is 12.6 Å². The average Bonchev–Trinajstić information content (AvgIpc) is 3.03. The Balaban J connectivity index is 0.00000225. The van der Waals surface area contributed by atoms with Gasteiger partial charge >= 0.3 is 0 Å². The highest BCUT2D eigenvalue weighted by Crippen LogP contribution is 2.24. The Kier molecular flexibility index (Phi) is 8.01. The van der Waals surface area contributed by atoms with Gasteiger partial charge in [0.2, 0.25) is 0 Å². The van der Waals surface area contributed by atoms with Crippen LogP contribution in [0.3, 0.4) is 0 Å². The molecule has 138 valence electrons.